The minimum atomic E-state index is -3.49. The molecule has 8 heteroatoms. The highest BCUT2D eigenvalue weighted by atomic mass is 32.2. The Kier molecular flexibility index (Phi) is 6.29. The summed E-state index contributed by atoms with van der Waals surface area (Å²) in [5.41, 5.74) is 0.460. The number of hydrogen-bond acceptors (Lipinski definition) is 4. The van der Waals surface area contributed by atoms with Crippen molar-refractivity contribution < 1.29 is 22.8 Å². The second-order valence-corrected chi connectivity index (χ2v) is 8.82. The molecule has 0 spiro atoms. The molecule has 1 aromatic rings. The van der Waals surface area contributed by atoms with Gasteiger partial charge >= 0.3 is 0 Å². The van der Waals surface area contributed by atoms with Crippen molar-refractivity contribution in [1.29, 1.82) is 0 Å². The zero-order valence-corrected chi connectivity index (χ0v) is 16.1. The van der Waals surface area contributed by atoms with Gasteiger partial charge in [-0.25, -0.2) is 8.42 Å². The average molecular weight is 383 g/mol. The molecule has 2 fully saturated rings. The van der Waals surface area contributed by atoms with Crippen LogP contribution in [-0.2, 0) is 14.8 Å². The Labute approximate surface area is 155 Å². The van der Waals surface area contributed by atoms with Gasteiger partial charge in [0.2, 0.25) is 10.0 Å². The Bertz CT molecular complexity index is 706. The van der Waals surface area contributed by atoms with Gasteiger partial charge in [-0.05, 0) is 44.0 Å². The van der Waals surface area contributed by atoms with E-state index in [0.29, 0.717) is 25.2 Å². The van der Waals surface area contributed by atoms with Crippen LogP contribution in [0.3, 0.4) is 0 Å². The Morgan fingerprint density at radius 1 is 1.27 bits per heavy atom. The van der Waals surface area contributed by atoms with E-state index in [2.05, 4.69) is 12.2 Å². The summed E-state index contributed by atoms with van der Waals surface area (Å²) in [7, 11) is -3.49. The number of amides is 1. The largest absolute Gasteiger partial charge is 0.376 e. The van der Waals surface area contributed by atoms with Crippen molar-refractivity contribution >= 4 is 15.9 Å². The van der Waals surface area contributed by atoms with Gasteiger partial charge in [0.25, 0.3) is 5.91 Å². The van der Waals surface area contributed by atoms with Crippen molar-refractivity contribution in [1.82, 2.24) is 9.62 Å². The smallest absolute Gasteiger partial charge is 0.251 e. The topological polar surface area (TPSA) is 80.2 Å². The number of ether oxygens (including phenoxy) is 1. The van der Waals surface area contributed by atoms with Crippen LogP contribution in [0.25, 0.3) is 0 Å². The molecule has 0 aromatic heterocycles. The molecule has 2 aliphatic rings. The maximum Gasteiger partial charge on any atom is 0.251 e. The van der Waals surface area contributed by atoms with Gasteiger partial charge in [0.1, 0.15) is 0 Å². The van der Waals surface area contributed by atoms with Gasteiger partial charge < -0.3 is 15.0 Å². The monoisotopic (exact) mass is 382 g/mol. The van der Waals surface area contributed by atoms with Crippen LogP contribution in [0.15, 0.2) is 29.2 Å². The third-order valence-corrected chi connectivity index (χ3v) is 7.11. The predicted octanol–water partition coefficient (Wildman–Crippen LogP) is -0.495. The number of sulfonamides is 1. The van der Waals surface area contributed by atoms with E-state index in [-0.39, 0.29) is 16.9 Å². The van der Waals surface area contributed by atoms with Crippen molar-refractivity contribution in [3.63, 3.8) is 0 Å². The molecular formula is C18H28N3O4S+. The first-order chi connectivity index (χ1) is 12.5. The molecule has 0 unspecified atom stereocenters. The molecule has 1 aromatic carbocycles. The van der Waals surface area contributed by atoms with Crippen molar-refractivity contribution in [2.75, 3.05) is 45.9 Å². The van der Waals surface area contributed by atoms with Gasteiger partial charge in [0.15, 0.2) is 0 Å². The number of rotatable bonds is 6. The van der Waals surface area contributed by atoms with E-state index >= 15 is 0 Å². The summed E-state index contributed by atoms with van der Waals surface area (Å²) in [6.07, 6.45) is 2.08. The Hall–Kier alpha value is -1.48. The molecule has 2 aliphatic heterocycles. The summed E-state index contributed by atoms with van der Waals surface area (Å²) < 4.78 is 32.6. The lowest BCUT2D eigenvalue weighted by Gasteiger charge is -2.30. The molecule has 3 rings (SSSR count). The van der Waals surface area contributed by atoms with E-state index in [1.807, 2.05) is 0 Å². The van der Waals surface area contributed by atoms with Gasteiger partial charge in [0.05, 0.1) is 43.7 Å². The quantitative estimate of drug-likeness (QED) is 0.696. The number of piperazine rings is 1. The molecule has 2 N–H and O–H groups in total. The van der Waals surface area contributed by atoms with Crippen LogP contribution < -0.4 is 10.2 Å². The van der Waals surface area contributed by atoms with Crippen LogP contribution in [-0.4, -0.2) is 70.6 Å². The zero-order chi connectivity index (χ0) is 18.6. The van der Waals surface area contributed by atoms with Gasteiger partial charge in [-0.1, -0.05) is 0 Å². The highest BCUT2D eigenvalue weighted by Crippen LogP contribution is 2.17. The highest BCUT2D eigenvalue weighted by molar-refractivity contribution is 7.89. The van der Waals surface area contributed by atoms with E-state index < -0.39 is 10.0 Å². The van der Waals surface area contributed by atoms with E-state index in [4.69, 9.17) is 4.74 Å². The van der Waals surface area contributed by atoms with Crippen LogP contribution in [0, 0.1) is 0 Å². The van der Waals surface area contributed by atoms with Crippen LogP contribution in [0.2, 0.25) is 0 Å². The SMILES string of the molecule is CC[NH+]1CCN(S(=O)(=O)c2ccc(C(=O)NC[C@@H]3CCCO3)cc2)CC1. The minimum Gasteiger partial charge on any atom is -0.376 e. The average Bonchev–Trinajstić information content (AvgIpc) is 3.20. The third-order valence-electron chi connectivity index (χ3n) is 5.20. The number of benzene rings is 1. The molecule has 26 heavy (non-hydrogen) atoms. The number of carbonyl (C=O) groups excluding carboxylic acids is 1. The third kappa shape index (κ3) is 4.43. The molecular weight excluding hydrogens is 354 g/mol. The van der Waals surface area contributed by atoms with Crippen molar-refractivity contribution in [3.05, 3.63) is 29.8 Å². The normalized spacial score (nSPS) is 22.4. The van der Waals surface area contributed by atoms with E-state index in [1.54, 1.807) is 16.4 Å². The molecule has 0 saturated carbocycles. The molecule has 7 nitrogen and oxygen atoms in total. The molecule has 144 valence electrons. The summed E-state index contributed by atoms with van der Waals surface area (Å²) >= 11 is 0. The fourth-order valence-corrected chi connectivity index (χ4v) is 4.88. The first-order valence-corrected chi connectivity index (χ1v) is 10.8. The van der Waals surface area contributed by atoms with Crippen molar-refractivity contribution in [3.8, 4) is 0 Å². The Balaban J connectivity index is 1.60. The number of nitrogens with one attached hydrogen (secondary N) is 2. The van der Waals surface area contributed by atoms with Crippen LogP contribution in [0.5, 0.6) is 0 Å². The molecule has 0 aliphatic carbocycles. The molecule has 1 amide bonds. The first kappa shape index (κ1) is 19.3. The Morgan fingerprint density at radius 2 is 1.96 bits per heavy atom. The summed E-state index contributed by atoms with van der Waals surface area (Å²) in [5, 5.41) is 2.85. The number of carbonyl (C=O) groups is 1. The fourth-order valence-electron chi connectivity index (χ4n) is 3.44. The van der Waals surface area contributed by atoms with Crippen molar-refractivity contribution in [2.24, 2.45) is 0 Å². The van der Waals surface area contributed by atoms with E-state index in [9.17, 15) is 13.2 Å². The fraction of sp³-hybridized carbons (Fsp3) is 0.611. The standard InChI is InChI=1S/C18H27N3O4S/c1-2-20-9-11-21(12-10-20)26(23,24)17-7-5-15(6-8-17)18(22)19-14-16-4-3-13-25-16/h5-8,16H,2-4,9-14H2,1H3,(H,19,22)/p+1/t16-/m0/s1. The van der Waals surface area contributed by atoms with Crippen LogP contribution in [0.4, 0.5) is 0 Å². The van der Waals surface area contributed by atoms with Gasteiger partial charge in [-0.3, -0.25) is 4.79 Å². The number of likely N-dealkylation sites (N-methyl/N-ethyl adjacent to an activating group) is 1. The summed E-state index contributed by atoms with van der Waals surface area (Å²) in [6.45, 7) is 7.11. The lowest BCUT2D eigenvalue weighted by molar-refractivity contribution is -0.901. The maximum absolute atomic E-state index is 12.8. The molecule has 2 heterocycles. The summed E-state index contributed by atoms with van der Waals surface area (Å²) in [5.74, 6) is -0.204. The first-order valence-electron chi connectivity index (χ1n) is 9.34. The van der Waals surface area contributed by atoms with Crippen LogP contribution >= 0.6 is 0 Å². The molecule has 0 radical (unpaired) electrons. The van der Waals surface area contributed by atoms with E-state index in [1.165, 1.54) is 17.0 Å². The van der Waals surface area contributed by atoms with Gasteiger partial charge in [-0.2, -0.15) is 4.31 Å². The predicted molar refractivity (Wildman–Crippen MR) is 97.7 cm³/mol. The van der Waals surface area contributed by atoms with Crippen molar-refractivity contribution in [2.45, 2.75) is 30.8 Å². The zero-order valence-electron chi connectivity index (χ0n) is 15.2. The second-order valence-electron chi connectivity index (χ2n) is 6.88. The number of quaternary nitrogens is 1. The molecule has 2 saturated heterocycles. The summed E-state index contributed by atoms with van der Waals surface area (Å²) in [4.78, 5) is 13.9. The Morgan fingerprint density at radius 3 is 2.54 bits per heavy atom. The lowest BCUT2D eigenvalue weighted by Crippen LogP contribution is -3.14. The number of nitrogens with zero attached hydrogens (tertiary/aromatic N) is 1. The highest BCUT2D eigenvalue weighted by Gasteiger charge is 2.29. The lowest BCUT2D eigenvalue weighted by atomic mass is 10.2. The van der Waals surface area contributed by atoms with Gasteiger partial charge in [-0.15, -0.1) is 0 Å². The number of hydrogen-bond donors (Lipinski definition) is 2. The van der Waals surface area contributed by atoms with E-state index in [0.717, 1.165) is 39.1 Å². The minimum absolute atomic E-state index is 0.0857. The maximum atomic E-state index is 12.8. The van der Waals surface area contributed by atoms with Gasteiger partial charge in [0, 0.05) is 18.7 Å². The molecule has 1 atom stereocenters. The molecule has 0 bridgehead atoms. The second kappa shape index (κ2) is 8.47. The van der Waals surface area contributed by atoms with Crippen LogP contribution in [0.1, 0.15) is 30.1 Å². The summed E-state index contributed by atoms with van der Waals surface area (Å²) in [6, 6.07) is 6.20.